The van der Waals surface area contributed by atoms with Gasteiger partial charge in [-0.2, -0.15) is 0 Å². The summed E-state index contributed by atoms with van der Waals surface area (Å²) in [6, 6.07) is 16.9. The highest BCUT2D eigenvalue weighted by atomic mass is 32.2. The van der Waals surface area contributed by atoms with Crippen LogP contribution in [-0.2, 0) is 16.1 Å². The van der Waals surface area contributed by atoms with E-state index in [0.29, 0.717) is 19.5 Å². The molecule has 2 aromatic rings. The van der Waals surface area contributed by atoms with Crippen LogP contribution in [0.4, 0.5) is 0 Å². The molecule has 0 saturated heterocycles. The predicted octanol–water partition coefficient (Wildman–Crippen LogP) is 4.12. The Bertz CT molecular complexity index is 765. The van der Waals surface area contributed by atoms with Crippen molar-refractivity contribution in [1.82, 2.24) is 10.2 Å². The lowest BCUT2D eigenvalue weighted by molar-refractivity contribution is -0.139. The van der Waals surface area contributed by atoms with Crippen molar-refractivity contribution in [2.24, 2.45) is 0 Å². The Kier molecular flexibility index (Phi) is 9.57. The van der Waals surface area contributed by atoms with Crippen LogP contribution < -0.4 is 10.1 Å². The molecular formula is C23H30N2O3S. The molecular weight excluding hydrogens is 384 g/mol. The molecule has 156 valence electrons. The first-order valence-corrected chi connectivity index (χ1v) is 11.0. The normalized spacial score (nSPS) is 11.6. The number of thioether (sulfide) groups is 1. The summed E-state index contributed by atoms with van der Waals surface area (Å²) in [6.45, 7) is 4.95. The van der Waals surface area contributed by atoms with E-state index in [1.54, 1.807) is 12.0 Å². The van der Waals surface area contributed by atoms with Crippen LogP contribution in [-0.4, -0.2) is 42.2 Å². The van der Waals surface area contributed by atoms with Crippen LogP contribution in [0.25, 0.3) is 0 Å². The maximum atomic E-state index is 13.1. The lowest BCUT2D eigenvalue weighted by atomic mass is 10.1. The van der Waals surface area contributed by atoms with Gasteiger partial charge in [-0.15, -0.1) is 11.8 Å². The fraction of sp³-hybridized carbons (Fsp3) is 0.391. The molecule has 0 aliphatic heterocycles. The van der Waals surface area contributed by atoms with Crippen molar-refractivity contribution in [3.05, 3.63) is 60.2 Å². The fourth-order valence-electron chi connectivity index (χ4n) is 2.96. The van der Waals surface area contributed by atoms with Gasteiger partial charge in [-0.25, -0.2) is 0 Å². The summed E-state index contributed by atoms with van der Waals surface area (Å²) in [5, 5.41) is 2.94. The third-order valence-electron chi connectivity index (χ3n) is 4.55. The molecule has 0 saturated carbocycles. The van der Waals surface area contributed by atoms with Crippen LogP contribution in [0.3, 0.4) is 0 Å². The maximum absolute atomic E-state index is 13.1. The van der Waals surface area contributed by atoms with Gasteiger partial charge in [0.1, 0.15) is 11.8 Å². The van der Waals surface area contributed by atoms with E-state index in [9.17, 15) is 9.59 Å². The second kappa shape index (κ2) is 12.2. The minimum atomic E-state index is -0.493. The number of methoxy groups -OCH3 is 1. The van der Waals surface area contributed by atoms with Crippen LogP contribution in [0.2, 0.25) is 0 Å². The third-order valence-corrected chi connectivity index (χ3v) is 5.55. The first-order chi connectivity index (χ1) is 14.1. The zero-order valence-corrected chi connectivity index (χ0v) is 18.2. The summed E-state index contributed by atoms with van der Waals surface area (Å²) in [5.41, 5.74) is 0.964. The fourth-order valence-corrected chi connectivity index (χ4v) is 3.76. The molecule has 0 unspecified atom stereocenters. The number of rotatable bonds is 11. The molecule has 1 atom stereocenters. The van der Waals surface area contributed by atoms with Gasteiger partial charge in [-0.1, -0.05) is 44.2 Å². The molecule has 1 N–H and O–H groups in total. The second-order valence-electron chi connectivity index (χ2n) is 6.69. The third kappa shape index (κ3) is 7.13. The van der Waals surface area contributed by atoms with E-state index in [4.69, 9.17) is 4.74 Å². The van der Waals surface area contributed by atoms with Gasteiger partial charge in [0.2, 0.25) is 11.8 Å². The van der Waals surface area contributed by atoms with Gasteiger partial charge < -0.3 is 15.0 Å². The van der Waals surface area contributed by atoms with Crippen LogP contribution in [0.15, 0.2) is 59.5 Å². The van der Waals surface area contributed by atoms with Gasteiger partial charge in [0.05, 0.1) is 12.9 Å². The van der Waals surface area contributed by atoms with Gasteiger partial charge in [0.15, 0.2) is 0 Å². The quantitative estimate of drug-likeness (QED) is 0.562. The highest BCUT2D eigenvalue weighted by molar-refractivity contribution is 8.00. The molecule has 2 rings (SSSR count). The molecule has 0 heterocycles. The van der Waals surface area contributed by atoms with Gasteiger partial charge in [0, 0.05) is 18.0 Å². The molecule has 5 nitrogen and oxygen atoms in total. The molecule has 0 radical (unpaired) electrons. The van der Waals surface area contributed by atoms with Crippen LogP contribution in [0.5, 0.6) is 5.75 Å². The molecule has 0 aromatic heterocycles. The summed E-state index contributed by atoms with van der Waals surface area (Å²) in [7, 11) is 1.62. The zero-order chi connectivity index (χ0) is 21.1. The number of hydrogen-bond acceptors (Lipinski definition) is 4. The Morgan fingerprint density at radius 3 is 2.34 bits per heavy atom. The van der Waals surface area contributed by atoms with Gasteiger partial charge in [-0.05, 0) is 42.7 Å². The average Bonchev–Trinajstić information content (AvgIpc) is 2.77. The summed E-state index contributed by atoms with van der Waals surface area (Å²) in [4.78, 5) is 28.6. The molecule has 0 fully saturated rings. The molecule has 6 heteroatoms. The Hall–Kier alpha value is -2.47. The summed E-state index contributed by atoms with van der Waals surface area (Å²) < 4.78 is 5.21. The van der Waals surface area contributed by atoms with E-state index in [1.807, 2.05) is 68.4 Å². The number of carbonyl (C=O) groups excluding carboxylic acids is 2. The summed E-state index contributed by atoms with van der Waals surface area (Å²) in [5.74, 6) is 0.908. The first kappa shape index (κ1) is 22.8. The number of benzene rings is 2. The zero-order valence-electron chi connectivity index (χ0n) is 17.4. The van der Waals surface area contributed by atoms with E-state index < -0.39 is 6.04 Å². The van der Waals surface area contributed by atoms with Crippen LogP contribution in [0, 0.1) is 0 Å². The van der Waals surface area contributed by atoms with Crippen molar-refractivity contribution >= 4 is 23.6 Å². The molecule has 2 aromatic carbocycles. The van der Waals surface area contributed by atoms with Gasteiger partial charge in [-0.3, -0.25) is 9.59 Å². The Labute approximate surface area is 177 Å². The minimum Gasteiger partial charge on any atom is -0.497 e. The van der Waals surface area contributed by atoms with Gasteiger partial charge in [0.25, 0.3) is 0 Å². The Morgan fingerprint density at radius 2 is 1.76 bits per heavy atom. The molecule has 2 amide bonds. The molecule has 0 aliphatic rings. The number of carbonyl (C=O) groups is 2. The Morgan fingerprint density at radius 1 is 1.07 bits per heavy atom. The van der Waals surface area contributed by atoms with Crippen molar-refractivity contribution in [2.75, 3.05) is 19.4 Å². The summed E-state index contributed by atoms with van der Waals surface area (Å²) in [6.07, 6.45) is 1.42. The maximum Gasteiger partial charge on any atom is 0.242 e. The lowest BCUT2D eigenvalue weighted by Crippen LogP contribution is -2.49. The largest absolute Gasteiger partial charge is 0.497 e. The van der Waals surface area contributed by atoms with E-state index in [0.717, 1.165) is 22.6 Å². The standard InChI is InChI=1S/C23H30N2O3S/c1-4-15-24-23(27)21(5-2)25(16-18-11-13-19(28-3)14-12-18)22(26)17-29-20-9-7-6-8-10-20/h6-14,21H,4-5,15-17H2,1-3H3,(H,24,27)/t21-/m1/s1. The molecule has 0 aliphatic carbocycles. The second-order valence-corrected chi connectivity index (χ2v) is 7.74. The summed E-state index contributed by atoms with van der Waals surface area (Å²) >= 11 is 1.49. The van der Waals surface area contributed by atoms with Crippen LogP contribution in [0.1, 0.15) is 32.3 Å². The van der Waals surface area contributed by atoms with Crippen molar-refractivity contribution < 1.29 is 14.3 Å². The molecule has 0 bridgehead atoms. The first-order valence-electron chi connectivity index (χ1n) is 9.97. The van der Waals surface area contributed by atoms with E-state index in [1.165, 1.54) is 11.8 Å². The smallest absolute Gasteiger partial charge is 0.242 e. The topological polar surface area (TPSA) is 58.6 Å². The number of nitrogens with one attached hydrogen (secondary N) is 1. The van der Waals surface area contributed by atoms with E-state index in [-0.39, 0.29) is 17.6 Å². The lowest BCUT2D eigenvalue weighted by Gasteiger charge is -2.30. The highest BCUT2D eigenvalue weighted by Gasteiger charge is 2.28. The van der Waals surface area contributed by atoms with Crippen molar-refractivity contribution in [2.45, 2.75) is 44.2 Å². The van der Waals surface area contributed by atoms with Crippen molar-refractivity contribution in [3.63, 3.8) is 0 Å². The number of hydrogen-bond donors (Lipinski definition) is 1. The minimum absolute atomic E-state index is 0.0480. The molecule has 29 heavy (non-hydrogen) atoms. The van der Waals surface area contributed by atoms with E-state index in [2.05, 4.69) is 5.32 Å². The predicted molar refractivity (Wildman–Crippen MR) is 118 cm³/mol. The Balaban J connectivity index is 2.17. The van der Waals surface area contributed by atoms with Crippen LogP contribution >= 0.6 is 11.8 Å². The van der Waals surface area contributed by atoms with Crippen molar-refractivity contribution in [3.8, 4) is 5.75 Å². The van der Waals surface area contributed by atoms with Gasteiger partial charge >= 0.3 is 0 Å². The highest BCUT2D eigenvalue weighted by Crippen LogP contribution is 2.21. The average molecular weight is 415 g/mol. The SMILES string of the molecule is CCCNC(=O)[C@@H](CC)N(Cc1ccc(OC)cc1)C(=O)CSc1ccccc1. The molecule has 0 spiro atoms. The number of nitrogens with zero attached hydrogens (tertiary/aromatic N) is 1. The van der Waals surface area contributed by atoms with E-state index >= 15 is 0 Å². The monoisotopic (exact) mass is 414 g/mol. The van der Waals surface area contributed by atoms with Crippen molar-refractivity contribution in [1.29, 1.82) is 0 Å². The number of amides is 2. The number of ether oxygens (including phenoxy) is 1.